The fourth-order valence-electron chi connectivity index (χ4n) is 1.79. The number of benzene rings is 1. The molecule has 0 radical (unpaired) electrons. The fourth-order valence-corrected chi connectivity index (χ4v) is 7.24. The Hall–Kier alpha value is 0.354. The van der Waals surface area contributed by atoms with Crippen molar-refractivity contribution in [1.29, 1.82) is 0 Å². The van der Waals surface area contributed by atoms with Gasteiger partial charge >= 0.3 is 0 Å². The standard InChI is InChI=1S/C12H22S2Si2/c1-15(2,3)9-7-8-10(16(4,5)6)12(14)11(9)13/h7-8,13-14H,1-6H3. The van der Waals surface area contributed by atoms with Gasteiger partial charge in [0, 0.05) is 9.79 Å². The molecule has 0 saturated heterocycles. The molecule has 1 aromatic carbocycles. The van der Waals surface area contributed by atoms with Gasteiger partial charge in [-0.2, -0.15) is 0 Å². The zero-order valence-corrected chi connectivity index (χ0v) is 14.8. The summed E-state index contributed by atoms with van der Waals surface area (Å²) < 4.78 is 0. The molecule has 0 aromatic heterocycles. The van der Waals surface area contributed by atoms with Crippen LogP contribution in [-0.4, -0.2) is 16.1 Å². The molecule has 0 aliphatic rings. The summed E-state index contributed by atoms with van der Waals surface area (Å²) in [5, 5.41) is 2.84. The van der Waals surface area contributed by atoms with Crippen molar-refractivity contribution in [3.8, 4) is 0 Å². The summed E-state index contributed by atoms with van der Waals surface area (Å²) in [6, 6.07) is 4.56. The molecule has 1 rings (SSSR count). The van der Waals surface area contributed by atoms with E-state index >= 15 is 0 Å². The average Bonchev–Trinajstić information content (AvgIpc) is 2.05. The highest BCUT2D eigenvalue weighted by molar-refractivity contribution is 7.84. The van der Waals surface area contributed by atoms with E-state index in [0.29, 0.717) is 0 Å². The molecule has 0 heterocycles. The molecule has 0 unspecified atom stereocenters. The Morgan fingerprint density at radius 1 is 0.688 bits per heavy atom. The van der Waals surface area contributed by atoms with Gasteiger partial charge in [-0.05, 0) is 10.4 Å². The Morgan fingerprint density at radius 2 is 0.938 bits per heavy atom. The van der Waals surface area contributed by atoms with E-state index in [-0.39, 0.29) is 0 Å². The van der Waals surface area contributed by atoms with Gasteiger partial charge < -0.3 is 0 Å². The van der Waals surface area contributed by atoms with E-state index in [4.69, 9.17) is 0 Å². The first-order valence-corrected chi connectivity index (χ1v) is 13.5. The Kier molecular flexibility index (Phi) is 4.10. The first kappa shape index (κ1) is 14.4. The SMILES string of the molecule is C[Si](C)(C)c1ccc([Si](C)(C)C)c(S)c1S. The topological polar surface area (TPSA) is 0 Å². The lowest BCUT2D eigenvalue weighted by atomic mass is 10.3. The van der Waals surface area contributed by atoms with Crippen molar-refractivity contribution < 1.29 is 0 Å². The number of hydrogen-bond donors (Lipinski definition) is 2. The van der Waals surface area contributed by atoms with Gasteiger partial charge in [-0.15, -0.1) is 25.3 Å². The number of thiol groups is 2. The van der Waals surface area contributed by atoms with E-state index in [1.807, 2.05) is 0 Å². The summed E-state index contributed by atoms with van der Waals surface area (Å²) in [5.41, 5.74) is 0. The summed E-state index contributed by atoms with van der Waals surface area (Å²) in [6.45, 7) is 14.1. The molecule has 0 aliphatic heterocycles. The number of rotatable bonds is 2. The van der Waals surface area contributed by atoms with Crippen molar-refractivity contribution in [1.82, 2.24) is 0 Å². The van der Waals surface area contributed by atoms with E-state index in [9.17, 15) is 0 Å². The predicted molar refractivity (Wildman–Crippen MR) is 86.9 cm³/mol. The maximum absolute atomic E-state index is 4.69. The average molecular weight is 287 g/mol. The van der Waals surface area contributed by atoms with Crippen LogP contribution in [0, 0.1) is 0 Å². The summed E-state index contributed by atoms with van der Waals surface area (Å²) in [7, 11) is -2.60. The van der Waals surface area contributed by atoms with E-state index in [1.165, 1.54) is 10.4 Å². The molecule has 4 heteroatoms. The van der Waals surface area contributed by atoms with Gasteiger partial charge in [-0.1, -0.05) is 51.4 Å². The second-order valence-electron chi connectivity index (χ2n) is 6.36. The lowest BCUT2D eigenvalue weighted by Gasteiger charge is -2.25. The summed E-state index contributed by atoms with van der Waals surface area (Å²) >= 11 is 9.37. The van der Waals surface area contributed by atoms with Crippen LogP contribution in [0.3, 0.4) is 0 Å². The second-order valence-corrected chi connectivity index (χ2v) is 17.3. The van der Waals surface area contributed by atoms with Crippen molar-refractivity contribution in [2.45, 2.75) is 49.1 Å². The molecule has 1 aromatic rings. The first-order valence-electron chi connectivity index (χ1n) is 5.61. The van der Waals surface area contributed by atoms with Gasteiger partial charge in [0.1, 0.15) is 0 Å². The van der Waals surface area contributed by atoms with Crippen LogP contribution in [0.2, 0.25) is 39.3 Å². The molecule has 0 aliphatic carbocycles. The lowest BCUT2D eigenvalue weighted by molar-refractivity contribution is 1.31. The van der Waals surface area contributed by atoms with Gasteiger partial charge in [0.15, 0.2) is 0 Å². The molecule has 0 atom stereocenters. The minimum atomic E-state index is -1.30. The molecule has 0 N–H and O–H groups in total. The van der Waals surface area contributed by atoms with Gasteiger partial charge in [-0.25, -0.2) is 0 Å². The summed E-state index contributed by atoms with van der Waals surface area (Å²) in [5.74, 6) is 0. The smallest absolute Gasteiger partial charge is 0.0791 e. The molecule has 0 fully saturated rings. The monoisotopic (exact) mass is 286 g/mol. The van der Waals surface area contributed by atoms with Crippen LogP contribution in [0.15, 0.2) is 21.9 Å². The predicted octanol–water partition coefficient (Wildman–Crippen LogP) is 3.35. The van der Waals surface area contributed by atoms with Gasteiger partial charge in [0.2, 0.25) is 0 Å². The molecule has 16 heavy (non-hydrogen) atoms. The quantitative estimate of drug-likeness (QED) is 0.604. The highest BCUT2D eigenvalue weighted by atomic mass is 32.1. The van der Waals surface area contributed by atoms with E-state index < -0.39 is 16.1 Å². The van der Waals surface area contributed by atoms with Crippen molar-refractivity contribution >= 4 is 51.8 Å². The molecule has 0 nitrogen and oxygen atoms in total. The van der Waals surface area contributed by atoms with Crippen molar-refractivity contribution in [2.24, 2.45) is 0 Å². The summed E-state index contributed by atoms with van der Waals surface area (Å²) in [6.07, 6.45) is 0. The minimum absolute atomic E-state index is 1.11. The zero-order valence-electron chi connectivity index (χ0n) is 11.0. The van der Waals surface area contributed by atoms with Crippen molar-refractivity contribution in [3.05, 3.63) is 12.1 Å². The van der Waals surface area contributed by atoms with Crippen LogP contribution in [0.25, 0.3) is 0 Å². The maximum atomic E-state index is 4.69. The summed E-state index contributed by atoms with van der Waals surface area (Å²) in [4.78, 5) is 2.23. The molecular formula is C12H22S2Si2. The Labute approximate surface area is 113 Å². The normalized spacial score (nSPS) is 13.0. The van der Waals surface area contributed by atoms with Crippen LogP contribution in [-0.2, 0) is 0 Å². The maximum Gasteiger partial charge on any atom is 0.0791 e. The molecular weight excluding hydrogens is 264 g/mol. The van der Waals surface area contributed by atoms with E-state index in [1.54, 1.807) is 0 Å². The van der Waals surface area contributed by atoms with Gasteiger partial charge in [0.05, 0.1) is 16.1 Å². The third-order valence-corrected chi connectivity index (χ3v) is 8.36. The van der Waals surface area contributed by atoms with Crippen LogP contribution in [0.5, 0.6) is 0 Å². The third kappa shape index (κ3) is 2.97. The van der Waals surface area contributed by atoms with Gasteiger partial charge in [0.25, 0.3) is 0 Å². The van der Waals surface area contributed by atoms with Crippen molar-refractivity contribution in [3.63, 3.8) is 0 Å². The molecule has 0 bridgehead atoms. The third-order valence-electron chi connectivity index (χ3n) is 2.77. The van der Waals surface area contributed by atoms with Crippen LogP contribution >= 0.6 is 25.3 Å². The minimum Gasteiger partial charge on any atom is -0.142 e. The fraction of sp³-hybridized carbons (Fsp3) is 0.500. The van der Waals surface area contributed by atoms with E-state index in [0.717, 1.165) is 9.79 Å². The highest BCUT2D eigenvalue weighted by Gasteiger charge is 2.25. The largest absolute Gasteiger partial charge is 0.142 e. The van der Waals surface area contributed by atoms with Crippen molar-refractivity contribution in [2.75, 3.05) is 0 Å². The van der Waals surface area contributed by atoms with Crippen LogP contribution < -0.4 is 10.4 Å². The van der Waals surface area contributed by atoms with Crippen LogP contribution in [0.4, 0.5) is 0 Å². The highest BCUT2D eigenvalue weighted by Crippen LogP contribution is 2.20. The Bertz CT molecular complexity index is 362. The number of hydrogen-bond acceptors (Lipinski definition) is 2. The van der Waals surface area contributed by atoms with E-state index in [2.05, 4.69) is 76.7 Å². The molecule has 0 spiro atoms. The van der Waals surface area contributed by atoms with Crippen LogP contribution in [0.1, 0.15) is 0 Å². The Balaban J connectivity index is 3.41. The second kappa shape index (κ2) is 4.55. The molecule has 0 amide bonds. The molecule has 0 saturated carbocycles. The van der Waals surface area contributed by atoms with Gasteiger partial charge in [-0.3, -0.25) is 0 Å². The molecule has 90 valence electrons. The Morgan fingerprint density at radius 3 is 1.12 bits per heavy atom. The lowest BCUT2D eigenvalue weighted by Crippen LogP contribution is -2.44. The zero-order chi connectivity index (χ0) is 12.7. The first-order chi connectivity index (χ1) is 7.05.